The quantitative estimate of drug-likeness (QED) is 0.341. The highest BCUT2D eigenvalue weighted by Crippen LogP contribution is 2.24. The van der Waals surface area contributed by atoms with E-state index < -0.39 is 11.6 Å². The van der Waals surface area contributed by atoms with Gasteiger partial charge in [-0.25, -0.2) is 18.7 Å². The lowest BCUT2D eigenvalue weighted by Crippen LogP contribution is -2.34. The van der Waals surface area contributed by atoms with E-state index >= 15 is 0 Å². The molecule has 2 fully saturated rings. The summed E-state index contributed by atoms with van der Waals surface area (Å²) >= 11 is 0. The van der Waals surface area contributed by atoms with Gasteiger partial charge in [-0.2, -0.15) is 4.98 Å². The highest BCUT2D eigenvalue weighted by Gasteiger charge is 2.25. The molecule has 0 saturated carbocycles. The number of likely N-dealkylation sites (tertiary alicyclic amines) is 1. The predicted octanol–water partition coefficient (Wildman–Crippen LogP) is 5.06. The molecule has 2 saturated heterocycles. The molecule has 0 spiro atoms. The topological polar surface area (TPSA) is 119 Å². The van der Waals surface area contributed by atoms with Crippen LogP contribution in [0.2, 0.25) is 0 Å². The minimum Gasteiger partial charge on any atom is -0.465 e. The van der Waals surface area contributed by atoms with Crippen molar-refractivity contribution in [3.63, 3.8) is 0 Å². The number of hydrogen-bond acceptors (Lipinski definition) is 11. The first-order chi connectivity index (χ1) is 21.2. The van der Waals surface area contributed by atoms with Crippen molar-refractivity contribution in [3.05, 3.63) is 54.1 Å². The molecule has 4 heterocycles. The summed E-state index contributed by atoms with van der Waals surface area (Å²) in [5.74, 6) is 0.905. The smallest absolute Gasteiger partial charge is 0.293 e. The van der Waals surface area contributed by atoms with E-state index in [0.717, 1.165) is 81.2 Å². The van der Waals surface area contributed by atoms with Crippen LogP contribution in [0, 0.1) is 11.6 Å². The zero-order valence-corrected chi connectivity index (χ0v) is 26.9. The maximum absolute atomic E-state index is 11.9. The molecule has 244 valence electrons. The summed E-state index contributed by atoms with van der Waals surface area (Å²) in [4.78, 5) is 27.4. The van der Waals surface area contributed by atoms with Gasteiger partial charge in [0.2, 0.25) is 11.8 Å². The number of nitrogens with one attached hydrogen (secondary N) is 1. The molecule has 2 aliphatic rings. The fourth-order valence-electron chi connectivity index (χ4n) is 4.30. The highest BCUT2D eigenvalue weighted by atomic mass is 19.1. The van der Waals surface area contributed by atoms with Crippen molar-refractivity contribution in [1.82, 2.24) is 30.3 Å². The van der Waals surface area contributed by atoms with Crippen LogP contribution in [0.25, 0.3) is 11.5 Å². The van der Waals surface area contributed by atoms with Crippen LogP contribution in [0.1, 0.15) is 65.8 Å². The van der Waals surface area contributed by atoms with E-state index in [1.165, 1.54) is 0 Å². The number of benzene rings is 1. The number of ether oxygens (including phenoxy) is 2. The number of halogens is 2. The van der Waals surface area contributed by atoms with Crippen molar-refractivity contribution in [2.45, 2.75) is 78.2 Å². The van der Waals surface area contributed by atoms with Crippen LogP contribution in [-0.4, -0.2) is 90.0 Å². The van der Waals surface area contributed by atoms with Crippen molar-refractivity contribution < 1.29 is 27.6 Å². The van der Waals surface area contributed by atoms with E-state index in [1.54, 1.807) is 26.2 Å². The van der Waals surface area contributed by atoms with E-state index in [0.29, 0.717) is 24.2 Å². The Kier molecular flexibility index (Phi) is 16.4. The van der Waals surface area contributed by atoms with E-state index in [2.05, 4.69) is 47.0 Å². The standard InChI is InChI=1S/C19H29N7O2.C6H4F2.C4H8O2.C2H6/c1-13(27-16-5-7-25(3)8-6-16)17-23-18(28-24-17)14-10-21-19(22-11-14)26-9-4-15(12-26)20-2;7-5-1-2-6(8)4-3-5;1-4(2)6-3-5;1-2/h10-11,13,15-16,20H,4-9,12H2,1-3H3;1-4H;3-4H,1-2H3;1-2H3. The normalized spacial score (nSPS) is 17.4. The number of anilines is 1. The van der Waals surface area contributed by atoms with Crippen molar-refractivity contribution in [3.8, 4) is 11.5 Å². The van der Waals surface area contributed by atoms with Gasteiger partial charge in [0.25, 0.3) is 12.4 Å². The summed E-state index contributed by atoms with van der Waals surface area (Å²) in [6, 6.07) is 4.81. The molecule has 0 bridgehead atoms. The molecule has 0 aliphatic carbocycles. The minimum absolute atomic E-state index is 0.0301. The SMILES string of the molecule is CC.CC(C)OC=O.CNC1CCN(c2ncc(-c3nc(C(C)OC4CCN(C)CC4)no3)cn2)C1.Fc1ccc(F)cc1. The second-order valence-corrected chi connectivity index (χ2v) is 10.4. The average molecular weight is 620 g/mol. The van der Waals surface area contributed by atoms with E-state index in [1.807, 2.05) is 27.8 Å². The molecule has 2 aliphatic heterocycles. The molecule has 0 amide bonds. The second kappa shape index (κ2) is 19.7. The first-order valence-electron chi connectivity index (χ1n) is 15.1. The number of carbonyl (C=O) groups is 1. The molecule has 2 unspecified atom stereocenters. The maximum Gasteiger partial charge on any atom is 0.293 e. The maximum atomic E-state index is 11.9. The van der Waals surface area contributed by atoms with Gasteiger partial charge in [-0.3, -0.25) is 4.79 Å². The number of nitrogens with zero attached hydrogens (tertiary/aromatic N) is 6. The Balaban J connectivity index is 0.000000347. The molecule has 2 aromatic heterocycles. The van der Waals surface area contributed by atoms with Crippen molar-refractivity contribution in [2.24, 2.45) is 0 Å². The Morgan fingerprint density at radius 3 is 2.07 bits per heavy atom. The number of aromatic nitrogens is 4. The summed E-state index contributed by atoms with van der Waals surface area (Å²) in [5.41, 5.74) is 0.721. The summed E-state index contributed by atoms with van der Waals surface area (Å²) in [6.45, 7) is 14.0. The summed E-state index contributed by atoms with van der Waals surface area (Å²) in [5, 5.41) is 7.40. The minimum atomic E-state index is -0.411. The van der Waals surface area contributed by atoms with Crippen LogP contribution in [-0.2, 0) is 14.3 Å². The molecule has 13 heteroatoms. The monoisotopic (exact) mass is 619 g/mol. The summed E-state index contributed by atoms with van der Waals surface area (Å²) in [6.07, 6.45) is 6.74. The van der Waals surface area contributed by atoms with Gasteiger partial charge in [-0.1, -0.05) is 19.0 Å². The van der Waals surface area contributed by atoms with Gasteiger partial charge in [-0.05, 0) is 78.4 Å². The third kappa shape index (κ3) is 12.6. The number of piperidine rings is 1. The van der Waals surface area contributed by atoms with Crippen LogP contribution in [0.15, 0.2) is 41.2 Å². The fraction of sp³-hybridized carbons (Fsp3) is 0.581. The summed E-state index contributed by atoms with van der Waals surface area (Å²) < 4.78 is 39.8. The van der Waals surface area contributed by atoms with Crippen LogP contribution in [0.4, 0.5) is 14.7 Å². The first kappa shape index (κ1) is 36.6. The molecular weight excluding hydrogens is 572 g/mol. The van der Waals surface area contributed by atoms with Crippen molar-refractivity contribution >= 4 is 12.4 Å². The van der Waals surface area contributed by atoms with Crippen molar-refractivity contribution in [1.29, 1.82) is 0 Å². The lowest BCUT2D eigenvalue weighted by atomic mass is 10.1. The lowest BCUT2D eigenvalue weighted by Gasteiger charge is -2.30. The Labute approximate surface area is 259 Å². The van der Waals surface area contributed by atoms with Crippen LogP contribution in [0.3, 0.4) is 0 Å². The molecule has 11 nitrogen and oxygen atoms in total. The molecule has 3 aromatic rings. The zero-order chi connectivity index (χ0) is 32.5. The number of likely N-dealkylation sites (N-methyl/N-ethyl adjacent to an activating group) is 1. The van der Waals surface area contributed by atoms with Gasteiger partial charge >= 0.3 is 0 Å². The van der Waals surface area contributed by atoms with E-state index in [4.69, 9.17) is 9.26 Å². The Morgan fingerprint density at radius 1 is 1.00 bits per heavy atom. The van der Waals surface area contributed by atoms with Gasteiger partial charge in [0.05, 0.1) is 17.8 Å². The molecule has 5 rings (SSSR count). The van der Waals surface area contributed by atoms with Gasteiger partial charge in [-0.15, -0.1) is 0 Å². The van der Waals surface area contributed by atoms with Gasteiger partial charge < -0.3 is 29.1 Å². The Bertz CT molecular complexity index is 1170. The molecule has 2 atom stereocenters. The highest BCUT2D eigenvalue weighted by molar-refractivity contribution is 5.51. The first-order valence-corrected chi connectivity index (χ1v) is 15.1. The Hall–Kier alpha value is -3.55. The fourth-order valence-corrected chi connectivity index (χ4v) is 4.30. The molecule has 0 radical (unpaired) electrons. The largest absolute Gasteiger partial charge is 0.465 e. The molecule has 44 heavy (non-hydrogen) atoms. The number of rotatable bonds is 8. The molecular formula is C31H47F2N7O4. The van der Waals surface area contributed by atoms with Crippen molar-refractivity contribution in [2.75, 3.05) is 45.2 Å². The number of hydrogen-bond donors (Lipinski definition) is 1. The second-order valence-electron chi connectivity index (χ2n) is 10.4. The molecule has 1 N–H and O–H groups in total. The zero-order valence-electron chi connectivity index (χ0n) is 26.9. The average Bonchev–Trinajstić information content (AvgIpc) is 3.72. The lowest BCUT2D eigenvalue weighted by molar-refractivity contribution is -0.131. The van der Waals surface area contributed by atoms with Crippen LogP contribution >= 0.6 is 0 Å². The van der Waals surface area contributed by atoms with Gasteiger partial charge in [0, 0.05) is 44.6 Å². The van der Waals surface area contributed by atoms with Gasteiger partial charge in [0.15, 0.2) is 0 Å². The van der Waals surface area contributed by atoms with Crippen LogP contribution < -0.4 is 10.2 Å². The Morgan fingerprint density at radius 2 is 1.59 bits per heavy atom. The van der Waals surface area contributed by atoms with E-state index in [-0.39, 0.29) is 18.3 Å². The van der Waals surface area contributed by atoms with Gasteiger partial charge in [0.1, 0.15) is 17.7 Å². The van der Waals surface area contributed by atoms with E-state index in [9.17, 15) is 13.6 Å². The predicted molar refractivity (Wildman–Crippen MR) is 165 cm³/mol. The third-order valence-electron chi connectivity index (χ3n) is 6.76. The summed E-state index contributed by atoms with van der Waals surface area (Å²) in [7, 11) is 4.13. The third-order valence-corrected chi connectivity index (χ3v) is 6.76. The molecule has 1 aromatic carbocycles. The van der Waals surface area contributed by atoms with Crippen LogP contribution in [0.5, 0.6) is 0 Å². The number of carbonyl (C=O) groups excluding carboxylic acids is 1.